The zero-order chi connectivity index (χ0) is 52.7. The number of rotatable bonds is 20. The summed E-state index contributed by atoms with van der Waals surface area (Å²) in [6.45, 7) is 17.6. The molecule has 2 aliphatic rings. The number of aromatic nitrogens is 1. The van der Waals surface area contributed by atoms with Crippen molar-refractivity contribution >= 4 is 63.7 Å². The van der Waals surface area contributed by atoms with Crippen LogP contribution in [0.5, 0.6) is 5.75 Å². The van der Waals surface area contributed by atoms with Crippen molar-refractivity contribution < 1.29 is 51.3 Å². The van der Waals surface area contributed by atoms with Crippen LogP contribution in [0.4, 0.5) is 24.5 Å². The van der Waals surface area contributed by atoms with Gasteiger partial charge in [-0.2, -0.15) is 18.4 Å². The van der Waals surface area contributed by atoms with Crippen LogP contribution in [0.15, 0.2) is 72.2 Å². The Morgan fingerprint density at radius 3 is 2.19 bits per heavy atom. The predicted molar refractivity (Wildman–Crippen MR) is 271 cm³/mol. The number of thiocarbonyl (C=S) groups is 1. The van der Waals surface area contributed by atoms with Gasteiger partial charge in [-0.1, -0.05) is 52.0 Å². The number of nitrogens with zero attached hydrogens (tertiary/aromatic N) is 5. The smallest absolute Gasteiger partial charge is 0.417 e. The second-order valence-corrected chi connectivity index (χ2v) is 20.8. The van der Waals surface area contributed by atoms with E-state index in [0.717, 1.165) is 38.7 Å². The van der Waals surface area contributed by atoms with Gasteiger partial charge in [0.1, 0.15) is 36.6 Å². The van der Waals surface area contributed by atoms with Gasteiger partial charge in [0.15, 0.2) is 5.11 Å². The molecule has 5 atom stereocenters. The molecule has 0 spiro atoms. The molecule has 20 heteroatoms. The van der Waals surface area contributed by atoms with Crippen LogP contribution >= 0.6 is 23.6 Å². The van der Waals surface area contributed by atoms with Gasteiger partial charge in [0.2, 0.25) is 17.7 Å². The van der Waals surface area contributed by atoms with E-state index < -0.39 is 52.2 Å². The van der Waals surface area contributed by atoms with E-state index in [0.29, 0.717) is 30.9 Å². The molecule has 3 heterocycles. The third-order valence-electron chi connectivity index (χ3n) is 12.6. The number of nitrogens with one attached hydrogen (secondary N) is 2. The number of carbonyl (C=O) groups excluding carboxylic acids is 4. The van der Waals surface area contributed by atoms with E-state index in [-0.39, 0.29) is 73.8 Å². The fourth-order valence-electron chi connectivity index (χ4n) is 8.49. The summed E-state index contributed by atoms with van der Waals surface area (Å²) in [6, 6.07) is 17.7. The summed E-state index contributed by atoms with van der Waals surface area (Å²) in [5.74, 6) is -0.971. The molecule has 2 N–H and O–H groups in total. The van der Waals surface area contributed by atoms with Crippen molar-refractivity contribution in [2.75, 3.05) is 49.4 Å². The summed E-state index contributed by atoms with van der Waals surface area (Å²) < 4.78 is 64.5. The van der Waals surface area contributed by atoms with E-state index in [4.69, 9.17) is 31.2 Å². The second-order valence-electron chi connectivity index (χ2n) is 19.6. The Morgan fingerprint density at radius 1 is 0.958 bits per heavy atom. The number of thiazole rings is 1. The van der Waals surface area contributed by atoms with Crippen molar-refractivity contribution in [3.8, 4) is 22.3 Å². The first-order valence-electron chi connectivity index (χ1n) is 23.6. The van der Waals surface area contributed by atoms with Crippen LogP contribution in [0, 0.1) is 29.6 Å². The first-order chi connectivity index (χ1) is 33.9. The van der Waals surface area contributed by atoms with E-state index in [9.17, 15) is 37.6 Å². The number of ether oxygens (including phenoxy) is 4. The Bertz CT molecular complexity index is 2630. The summed E-state index contributed by atoms with van der Waals surface area (Å²) in [7, 11) is 0. The number of benzene rings is 3. The maximum Gasteiger partial charge on any atom is 0.417 e. The molecule has 1 aromatic heterocycles. The number of likely N-dealkylation sites (tertiary alicyclic amines) is 1. The maximum atomic E-state index is 14.1. The van der Waals surface area contributed by atoms with Crippen molar-refractivity contribution in [2.45, 2.75) is 111 Å². The van der Waals surface area contributed by atoms with Gasteiger partial charge in [-0.05, 0) is 118 Å². The highest BCUT2D eigenvalue weighted by Crippen LogP contribution is 2.40. The minimum absolute atomic E-state index is 0.0201. The Hall–Kier alpha value is -5.98. The number of hydrogen-bond donors (Lipinski definition) is 2. The van der Waals surface area contributed by atoms with Gasteiger partial charge < -0.3 is 39.4 Å². The molecular weight excluding hydrogens is 972 g/mol. The van der Waals surface area contributed by atoms with Crippen LogP contribution in [0.3, 0.4) is 0 Å². The first-order valence-corrected chi connectivity index (χ1v) is 24.9. The standard InChI is InChI=1S/C52H62F3N7O8S2/c1-31-24-42(46(64)57-27-35-10-12-36(13-11-35)44-32(2)58-30-72-44)60(28-31)47(65)45(50(5,6)7)59-43(63)29-67-20-21-68-33(3)34(4)69-22-23-70-40-18-16-38(17-19-40)62-49(71)61(48(66)51(62,8)9)39-15-14-37(26-56)41(25-39)52(53,54)55/h10-19,25,30-31,33-34,42,45H,20-24,27-29H2,1-9H3,(H,57,64)(H,59,63)/t31-,33-,34-,42+,45-/m1/s1. The predicted octanol–water partition coefficient (Wildman–Crippen LogP) is 8.22. The molecule has 0 radical (unpaired) electrons. The lowest BCUT2D eigenvalue weighted by molar-refractivity contribution is -0.144. The van der Waals surface area contributed by atoms with Gasteiger partial charge in [-0.15, -0.1) is 11.3 Å². The van der Waals surface area contributed by atoms with Gasteiger partial charge in [-0.3, -0.25) is 24.1 Å². The van der Waals surface area contributed by atoms with Gasteiger partial charge in [0.05, 0.1) is 71.0 Å². The van der Waals surface area contributed by atoms with Gasteiger partial charge in [0, 0.05) is 18.8 Å². The molecule has 15 nitrogen and oxygen atoms in total. The van der Waals surface area contributed by atoms with Crippen molar-refractivity contribution in [2.24, 2.45) is 11.3 Å². The Kier molecular flexibility index (Phi) is 17.9. The topological polar surface area (TPSA) is 176 Å². The lowest BCUT2D eigenvalue weighted by Gasteiger charge is -2.35. The number of anilines is 2. The molecule has 6 rings (SSSR count). The number of alkyl halides is 3. The fourth-order valence-corrected chi connectivity index (χ4v) is 9.82. The van der Waals surface area contributed by atoms with Crippen LogP contribution in [0.25, 0.3) is 10.4 Å². The van der Waals surface area contributed by atoms with E-state index in [1.54, 1.807) is 65.3 Å². The maximum absolute atomic E-state index is 14.1. The molecule has 0 aliphatic carbocycles. The summed E-state index contributed by atoms with van der Waals surface area (Å²) in [5.41, 5.74) is 1.57. The Labute approximate surface area is 427 Å². The summed E-state index contributed by atoms with van der Waals surface area (Å²) >= 11 is 7.21. The van der Waals surface area contributed by atoms with Crippen LogP contribution in [-0.4, -0.2) is 108 Å². The molecular formula is C52H62F3N7O8S2. The Balaban J connectivity index is 0.898. The molecule has 2 saturated heterocycles. The van der Waals surface area contributed by atoms with E-state index in [1.165, 1.54) is 6.07 Å². The quantitative estimate of drug-likeness (QED) is 0.0642. The zero-order valence-electron chi connectivity index (χ0n) is 41.9. The molecule has 72 heavy (non-hydrogen) atoms. The van der Waals surface area contributed by atoms with Crippen LogP contribution in [0.2, 0.25) is 0 Å². The highest BCUT2D eigenvalue weighted by atomic mass is 32.1. The van der Waals surface area contributed by atoms with Gasteiger partial charge in [0.25, 0.3) is 5.91 Å². The lowest BCUT2D eigenvalue weighted by atomic mass is 9.85. The summed E-state index contributed by atoms with van der Waals surface area (Å²) in [5, 5.41) is 15.1. The zero-order valence-corrected chi connectivity index (χ0v) is 43.6. The molecule has 0 saturated carbocycles. The number of aryl methyl sites for hydroxylation is 1. The SMILES string of the molecule is Cc1ncsc1-c1ccc(CNC(=O)[C@@H]2C[C@@H](C)CN2C(=O)[C@@H](NC(=O)COCCO[C@H](C)[C@@H](C)OCCOc2ccc(N3C(=S)N(c4ccc(C#N)c(C(F)(F)F)c4)C(=O)C3(C)C)cc2)C(C)(C)C)cc1. The largest absolute Gasteiger partial charge is 0.491 e. The van der Waals surface area contributed by atoms with E-state index in [2.05, 4.69) is 15.6 Å². The van der Waals surface area contributed by atoms with Crippen molar-refractivity contribution in [3.05, 3.63) is 94.6 Å². The minimum atomic E-state index is -4.81. The number of nitriles is 1. The van der Waals surface area contributed by atoms with E-state index >= 15 is 0 Å². The molecule has 4 aromatic rings. The van der Waals surface area contributed by atoms with Crippen molar-refractivity contribution in [1.29, 1.82) is 5.26 Å². The Morgan fingerprint density at radius 2 is 1.60 bits per heavy atom. The highest BCUT2D eigenvalue weighted by Gasteiger charge is 2.51. The number of hydrogen-bond acceptors (Lipinski definition) is 12. The van der Waals surface area contributed by atoms with Crippen LogP contribution in [-0.2, 0) is 46.1 Å². The average Bonchev–Trinajstić information content (AvgIpc) is 4.00. The first kappa shape index (κ1) is 55.3. The molecule has 3 aromatic carbocycles. The minimum Gasteiger partial charge on any atom is -0.491 e. The monoisotopic (exact) mass is 1030 g/mol. The molecule has 0 bridgehead atoms. The van der Waals surface area contributed by atoms with Crippen LogP contribution < -0.4 is 25.2 Å². The van der Waals surface area contributed by atoms with Crippen LogP contribution in [0.1, 0.15) is 84.2 Å². The summed E-state index contributed by atoms with van der Waals surface area (Å²) in [6.07, 6.45) is -4.97. The summed E-state index contributed by atoms with van der Waals surface area (Å²) in [4.78, 5) is 64.0. The number of carbonyl (C=O) groups is 4. The van der Waals surface area contributed by atoms with Gasteiger partial charge >= 0.3 is 6.18 Å². The van der Waals surface area contributed by atoms with Crippen molar-refractivity contribution in [3.63, 3.8) is 0 Å². The third-order valence-corrected chi connectivity index (χ3v) is 14.0. The molecule has 4 amide bonds. The normalized spacial score (nSPS) is 18.2. The molecule has 0 unspecified atom stereocenters. The highest BCUT2D eigenvalue weighted by molar-refractivity contribution is 7.81. The number of amides is 4. The molecule has 2 aliphatic heterocycles. The van der Waals surface area contributed by atoms with Crippen molar-refractivity contribution in [1.82, 2.24) is 20.5 Å². The van der Waals surface area contributed by atoms with E-state index in [1.807, 2.05) is 78.2 Å². The molecule has 2 fully saturated rings. The third kappa shape index (κ3) is 13.2. The molecule has 386 valence electrons. The average molecular weight is 1030 g/mol. The van der Waals surface area contributed by atoms with Gasteiger partial charge in [-0.25, -0.2) is 4.98 Å². The second kappa shape index (κ2) is 23.3. The lowest BCUT2D eigenvalue weighted by Crippen LogP contribution is -2.58. The fraction of sp³-hybridized carbons (Fsp3) is 0.481. The number of halogens is 3.